The van der Waals surface area contributed by atoms with Gasteiger partial charge in [0.05, 0.1) is 19.8 Å². The van der Waals surface area contributed by atoms with Gasteiger partial charge in [-0.05, 0) is 31.4 Å². The Bertz CT molecular complexity index is 726. The average molecular weight is 544 g/mol. The second kappa shape index (κ2) is 23.2. The molecule has 0 saturated heterocycles. The molecule has 2 rings (SSSR count). The highest BCUT2D eigenvalue weighted by Crippen LogP contribution is 2.19. The van der Waals surface area contributed by atoms with Crippen molar-refractivity contribution in [2.24, 2.45) is 0 Å². The molecule has 5 heteroatoms. The van der Waals surface area contributed by atoms with Gasteiger partial charge in [0.15, 0.2) is 0 Å². The third-order valence-corrected chi connectivity index (χ3v) is 7.49. The molecule has 0 fully saturated rings. The standard InChI is InChI=1S/C34H59N2O3/c1-4-7-8-9-10-11-12-13-14-15-16-17-18-21-26-37-29-34(39-6-3)30-38-28-33-23-20-19-22-32(33)27-36-25-24-35(5-2)31-36/h19-20,22-25,31,34H,4-18,21,26-30H2,1-3H3. The second-order valence-electron chi connectivity index (χ2n) is 10.9. The normalized spacial score (nSPS) is 14.0. The van der Waals surface area contributed by atoms with Crippen molar-refractivity contribution in [1.29, 1.82) is 0 Å². The van der Waals surface area contributed by atoms with E-state index in [9.17, 15) is 0 Å². The van der Waals surface area contributed by atoms with Gasteiger partial charge in [-0.15, -0.1) is 0 Å². The molecule has 0 aliphatic carbocycles. The van der Waals surface area contributed by atoms with Gasteiger partial charge in [-0.1, -0.05) is 115 Å². The van der Waals surface area contributed by atoms with Crippen LogP contribution in [0.15, 0.2) is 36.7 Å². The van der Waals surface area contributed by atoms with Crippen LogP contribution in [0, 0.1) is 6.67 Å². The number of benzene rings is 1. The van der Waals surface area contributed by atoms with Crippen LogP contribution in [-0.2, 0) is 27.4 Å². The minimum absolute atomic E-state index is 0.0123. The second-order valence-corrected chi connectivity index (χ2v) is 10.9. The van der Waals surface area contributed by atoms with E-state index >= 15 is 0 Å². The van der Waals surface area contributed by atoms with Gasteiger partial charge in [-0.3, -0.25) is 0 Å². The maximum Gasteiger partial charge on any atom is 0.141 e. The van der Waals surface area contributed by atoms with Crippen LogP contribution < -0.4 is 0 Å². The first kappa shape index (κ1) is 33.6. The predicted octanol–water partition coefficient (Wildman–Crippen LogP) is 8.83. The Balaban J connectivity index is 1.48. The Labute approximate surface area is 241 Å². The Kier molecular flexibility index (Phi) is 20.0. The van der Waals surface area contributed by atoms with Crippen LogP contribution in [0.25, 0.3) is 0 Å². The molecule has 1 heterocycles. The van der Waals surface area contributed by atoms with E-state index in [1.165, 1.54) is 94.6 Å². The molecule has 0 N–H and O–H groups in total. The van der Waals surface area contributed by atoms with Crippen molar-refractivity contribution in [2.45, 2.75) is 130 Å². The number of hydrogen-bond acceptors (Lipinski definition) is 5. The van der Waals surface area contributed by atoms with E-state index in [0.717, 1.165) is 26.1 Å². The molecule has 0 amide bonds. The van der Waals surface area contributed by atoms with Gasteiger partial charge in [0.2, 0.25) is 0 Å². The molecule has 1 radical (unpaired) electrons. The summed E-state index contributed by atoms with van der Waals surface area (Å²) in [6, 6.07) is 8.54. The van der Waals surface area contributed by atoms with Gasteiger partial charge < -0.3 is 24.0 Å². The molecule has 5 nitrogen and oxygen atoms in total. The zero-order valence-electron chi connectivity index (χ0n) is 25.6. The quantitative estimate of drug-likeness (QED) is 0.109. The lowest BCUT2D eigenvalue weighted by Gasteiger charge is -2.21. The molecular formula is C34H59N2O3. The number of hydrogen-bond donors (Lipinski definition) is 0. The molecule has 39 heavy (non-hydrogen) atoms. The summed E-state index contributed by atoms with van der Waals surface area (Å²) in [5.41, 5.74) is 2.52. The van der Waals surface area contributed by atoms with Crippen molar-refractivity contribution in [3.63, 3.8) is 0 Å². The monoisotopic (exact) mass is 543 g/mol. The number of nitrogens with zero attached hydrogens (tertiary/aromatic N) is 2. The van der Waals surface area contributed by atoms with E-state index in [0.29, 0.717) is 26.4 Å². The smallest absolute Gasteiger partial charge is 0.141 e. The first-order valence-electron chi connectivity index (χ1n) is 16.1. The van der Waals surface area contributed by atoms with Crippen LogP contribution in [0.2, 0.25) is 0 Å². The zero-order valence-corrected chi connectivity index (χ0v) is 25.6. The lowest BCUT2D eigenvalue weighted by Crippen LogP contribution is -2.26. The molecule has 1 aliphatic heterocycles. The summed E-state index contributed by atoms with van der Waals surface area (Å²) < 4.78 is 18.0. The van der Waals surface area contributed by atoms with E-state index in [-0.39, 0.29) is 6.10 Å². The minimum Gasteiger partial charge on any atom is -0.379 e. The molecule has 0 aromatic heterocycles. The Morgan fingerprint density at radius 3 is 1.79 bits per heavy atom. The Morgan fingerprint density at radius 2 is 1.21 bits per heavy atom. The molecule has 1 aliphatic rings. The first-order chi connectivity index (χ1) is 19.3. The SMILES string of the molecule is CCCCCCCCCCCCCCCCOCC(COCc1ccccc1CN1[CH]N(CC)C=C1)OCC. The third kappa shape index (κ3) is 16.3. The van der Waals surface area contributed by atoms with E-state index in [2.05, 4.69) is 67.0 Å². The van der Waals surface area contributed by atoms with Gasteiger partial charge in [-0.2, -0.15) is 0 Å². The van der Waals surface area contributed by atoms with Crippen LogP contribution in [0.1, 0.15) is 122 Å². The van der Waals surface area contributed by atoms with Crippen LogP contribution in [0.5, 0.6) is 0 Å². The summed E-state index contributed by atoms with van der Waals surface area (Å²) in [4.78, 5) is 4.40. The van der Waals surface area contributed by atoms with Gasteiger partial charge >= 0.3 is 0 Å². The molecule has 1 atom stereocenters. The van der Waals surface area contributed by atoms with E-state index in [1.54, 1.807) is 0 Å². The van der Waals surface area contributed by atoms with Crippen molar-refractivity contribution in [1.82, 2.24) is 9.80 Å². The van der Waals surface area contributed by atoms with Crippen LogP contribution in [0.3, 0.4) is 0 Å². The first-order valence-corrected chi connectivity index (χ1v) is 16.1. The van der Waals surface area contributed by atoms with Gasteiger partial charge in [0.1, 0.15) is 12.8 Å². The molecule has 1 aromatic rings. The third-order valence-electron chi connectivity index (χ3n) is 7.49. The summed E-state index contributed by atoms with van der Waals surface area (Å²) in [6.07, 6.45) is 23.5. The Morgan fingerprint density at radius 1 is 0.641 bits per heavy atom. The zero-order chi connectivity index (χ0) is 27.8. The molecular weight excluding hydrogens is 484 g/mol. The van der Waals surface area contributed by atoms with Gasteiger partial charge in [0.25, 0.3) is 0 Å². The summed E-state index contributed by atoms with van der Waals surface area (Å²) in [5.74, 6) is 0. The van der Waals surface area contributed by atoms with Gasteiger partial charge in [-0.25, -0.2) is 0 Å². The lowest BCUT2D eigenvalue weighted by molar-refractivity contribution is -0.0602. The fraction of sp³-hybridized carbons (Fsp3) is 0.735. The maximum atomic E-state index is 6.10. The summed E-state index contributed by atoms with van der Waals surface area (Å²) in [6.45, 7) is 13.7. The van der Waals surface area contributed by atoms with Crippen molar-refractivity contribution in [3.05, 3.63) is 54.5 Å². The predicted molar refractivity (Wildman–Crippen MR) is 164 cm³/mol. The Hall–Kier alpha value is -1.56. The molecule has 1 unspecified atom stereocenters. The molecule has 1 aromatic carbocycles. The van der Waals surface area contributed by atoms with E-state index in [4.69, 9.17) is 14.2 Å². The molecule has 0 bridgehead atoms. The fourth-order valence-corrected chi connectivity index (χ4v) is 5.06. The van der Waals surface area contributed by atoms with Crippen molar-refractivity contribution in [3.8, 4) is 0 Å². The highest BCUT2D eigenvalue weighted by molar-refractivity contribution is 5.27. The lowest BCUT2D eigenvalue weighted by atomic mass is 10.0. The maximum absolute atomic E-state index is 6.10. The van der Waals surface area contributed by atoms with Crippen molar-refractivity contribution < 1.29 is 14.2 Å². The fourth-order valence-electron chi connectivity index (χ4n) is 5.06. The van der Waals surface area contributed by atoms with E-state index in [1.807, 2.05) is 6.92 Å². The number of rotatable bonds is 26. The summed E-state index contributed by atoms with van der Waals surface area (Å²) in [7, 11) is 0. The summed E-state index contributed by atoms with van der Waals surface area (Å²) in [5, 5.41) is 0. The molecule has 0 saturated carbocycles. The topological polar surface area (TPSA) is 34.2 Å². The van der Waals surface area contributed by atoms with Gasteiger partial charge in [0, 0.05) is 38.7 Å². The summed E-state index contributed by atoms with van der Waals surface area (Å²) >= 11 is 0. The highest BCUT2D eigenvalue weighted by Gasteiger charge is 2.14. The molecule has 0 spiro atoms. The van der Waals surface area contributed by atoms with Crippen LogP contribution in [0.4, 0.5) is 0 Å². The van der Waals surface area contributed by atoms with E-state index < -0.39 is 0 Å². The van der Waals surface area contributed by atoms with Crippen LogP contribution >= 0.6 is 0 Å². The highest BCUT2D eigenvalue weighted by atomic mass is 16.6. The van der Waals surface area contributed by atoms with Crippen molar-refractivity contribution in [2.75, 3.05) is 33.0 Å². The number of unbranched alkanes of at least 4 members (excludes halogenated alkanes) is 13. The van der Waals surface area contributed by atoms with Crippen molar-refractivity contribution >= 4 is 0 Å². The largest absolute Gasteiger partial charge is 0.379 e. The minimum atomic E-state index is -0.0123. The number of ether oxygens (including phenoxy) is 3. The average Bonchev–Trinajstić information content (AvgIpc) is 3.41. The molecule has 223 valence electrons. The van der Waals surface area contributed by atoms with Crippen LogP contribution in [-0.4, -0.2) is 48.9 Å².